The molecule has 0 amide bonds. The van der Waals surface area contributed by atoms with Gasteiger partial charge in [-0.2, -0.15) is 0 Å². The molecule has 22 heavy (non-hydrogen) atoms. The van der Waals surface area contributed by atoms with Gasteiger partial charge >= 0.3 is 11.9 Å². The topological polar surface area (TPSA) is 52.6 Å². The molecule has 0 aromatic heterocycles. The highest BCUT2D eigenvalue weighted by Gasteiger charge is 2.04. The molecule has 4 heteroatoms. The Hall–Kier alpha value is -2.88. The van der Waals surface area contributed by atoms with E-state index in [-0.39, 0.29) is 5.97 Å². The first-order valence-electron chi connectivity index (χ1n) is 6.88. The highest BCUT2D eigenvalue weighted by molar-refractivity contribution is 5.83. The van der Waals surface area contributed by atoms with E-state index < -0.39 is 5.97 Å². The van der Waals surface area contributed by atoms with Crippen LogP contribution in [0.4, 0.5) is 0 Å². The summed E-state index contributed by atoms with van der Waals surface area (Å²) in [5.74, 6) is 0.227. The predicted octanol–water partition coefficient (Wildman–Crippen LogP) is 3.76. The minimum Gasteiger partial charge on any atom is -0.427 e. The van der Waals surface area contributed by atoms with Crippen LogP contribution in [-0.4, -0.2) is 11.9 Å². The second kappa shape index (κ2) is 7.22. The molecular weight excluding hydrogens is 280 g/mol. The van der Waals surface area contributed by atoms with Crippen molar-refractivity contribution in [2.24, 2.45) is 0 Å². The zero-order valence-corrected chi connectivity index (χ0v) is 12.2. The van der Waals surface area contributed by atoms with Crippen LogP contribution < -0.4 is 9.47 Å². The van der Waals surface area contributed by atoms with Gasteiger partial charge in [0.25, 0.3) is 0 Å². The minimum absolute atomic E-state index is 0.263. The van der Waals surface area contributed by atoms with Gasteiger partial charge in [0, 0.05) is 12.5 Å². The third kappa shape index (κ3) is 4.06. The number of ether oxygens (including phenoxy) is 2. The van der Waals surface area contributed by atoms with Gasteiger partial charge in [-0.1, -0.05) is 37.8 Å². The van der Waals surface area contributed by atoms with Gasteiger partial charge in [-0.25, -0.2) is 4.79 Å². The van der Waals surface area contributed by atoms with Crippen molar-refractivity contribution in [3.63, 3.8) is 0 Å². The fourth-order valence-electron chi connectivity index (χ4n) is 1.79. The first kappa shape index (κ1) is 15.5. The zero-order valence-electron chi connectivity index (χ0n) is 12.2. The Morgan fingerprint density at radius 3 is 1.77 bits per heavy atom. The molecule has 4 nitrogen and oxygen atoms in total. The van der Waals surface area contributed by atoms with Crippen molar-refractivity contribution in [2.75, 3.05) is 0 Å². The average Bonchev–Trinajstić information content (AvgIpc) is 2.56. The van der Waals surface area contributed by atoms with Gasteiger partial charge < -0.3 is 9.47 Å². The average molecular weight is 296 g/mol. The summed E-state index contributed by atoms with van der Waals surface area (Å²) in [5, 5.41) is 0. The molecular formula is C18H16O4. The van der Waals surface area contributed by atoms with Crippen molar-refractivity contribution in [1.82, 2.24) is 0 Å². The van der Waals surface area contributed by atoms with Gasteiger partial charge in [0.2, 0.25) is 0 Å². The van der Waals surface area contributed by atoms with E-state index in [0.29, 0.717) is 17.9 Å². The Labute approximate surface area is 129 Å². The lowest BCUT2D eigenvalue weighted by Gasteiger charge is -2.06. The monoisotopic (exact) mass is 296 g/mol. The Bertz CT molecular complexity index is 669. The summed E-state index contributed by atoms with van der Waals surface area (Å²) in [4.78, 5) is 22.3. The maximum Gasteiger partial charge on any atom is 0.335 e. The number of carbonyl (C=O) groups excluding carboxylic acids is 2. The standard InChI is InChI=1S/C18H16O4/c1-3-17(19)21-15-9-5-13(6-10-15)14-7-11-16(12-8-14)22-18(20)4-2/h3,5-12H,1,4H2,2H3. The lowest BCUT2D eigenvalue weighted by atomic mass is 10.1. The van der Waals surface area contributed by atoms with Gasteiger partial charge in [0.15, 0.2) is 0 Å². The molecule has 0 aliphatic carbocycles. The first-order valence-corrected chi connectivity index (χ1v) is 6.88. The number of hydrogen-bond donors (Lipinski definition) is 0. The molecule has 2 aromatic carbocycles. The number of hydrogen-bond acceptors (Lipinski definition) is 4. The Kier molecular flexibility index (Phi) is 5.09. The van der Waals surface area contributed by atoms with Crippen molar-refractivity contribution < 1.29 is 19.1 Å². The number of esters is 2. The molecule has 2 aromatic rings. The van der Waals surface area contributed by atoms with E-state index in [1.165, 1.54) is 0 Å². The Morgan fingerprint density at radius 2 is 1.36 bits per heavy atom. The molecule has 0 atom stereocenters. The molecule has 0 spiro atoms. The maximum absolute atomic E-state index is 11.2. The summed E-state index contributed by atoms with van der Waals surface area (Å²) in [6.07, 6.45) is 1.46. The summed E-state index contributed by atoms with van der Waals surface area (Å²) >= 11 is 0. The number of carbonyl (C=O) groups is 2. The summed E-state index contributed by atoms with van der Waals surface area (Å²) in [5.41, 5.74) is 1.93. The van der Waals surface area contributed by atoms with Crippen LogP contribution in [0.15, 0.2) is 61.2 Å². The number of rotatable bonds is 5. The van der Waals surface area contributed by atoms with Crippen molar-refractivity contribution in [3.05, 3.63) is 61.2 Å². The van der Waals surface area contributed by atoms with Crippen LogP contribution in [0.1, 0.15) is 13.3 Å². The lowest BCUT2D eigenvalue weighted by Crippen LogP contribution is -2.05. The largest absolute Gasteiger partial charge is 0.427 e. The minimum atomic E-state index is -0.491. The quantitative estimate of drug-likeness (QED) is 0.479. The highest BCUT2D eigenvalue weighted by Crippen LogP contribution is 2.24. The first-order chi connectivity index (χ1) is 10.6. The molecule has 0 saturated heterocycles. The molecule has 0 saturated carbocycles. The van der Waals surface area contributed by atoms with Gasteiger partial charge in [-0.3, -0.25) is 4.79 Å². The predicted molar refractivity (Wildman–Crippen MR) is 83.6 cm³/mol. The molecule has 2 rings (SSSR count). The van der Waals surface area contributed by atoms with Crippen molar-refractivity contribution in [3.8, 4) is 22.6 Å². The summed E-state index contributed by atoms with van der Waals surface area (Å²) in [6.45, 7) is 5.09. The van der Waals surface area contributed by atoms with Crippen molar-refractivity contribution >= 4 is 11.9 Å². The Balaban J connectivity index is 2.09. The summed E-state index contributed by atoms with van der Waals surface area (Å²) in [7, 11) is 0. The number of benzene rings is 2. The summed E-state index contributed by atoms with van der Waals surface area (Å²) < 4.78 is 10.1. The normalized spacial score (nSPS) is 9.86. The van der Waals surface area contributed by atoms with Gasteiger partial charge in [-0.05, 0) is 35.4 Å². The highest BCUT2D eigenvalue weighted by atomic mass is 16.5. The molecule has 0 aliphatic heterocycles. The van der Waals surface area contributed by atoms with Crippen LogP contribution in [0.5, 0.6) is 11.5 Å². The van der Waals surface area contributed by atoms with Crippen LogP contribution in [0.25, 0.3) is 11.1 Å². The molecule has 0 N–H and O–H groups in total. The van der Waals surface area contributed by atoms with Crippen LogP contribution in [0.2, 0.25) is 0 Å². The van der Waals surface area contributed by atoms with Crippen molar-refractivity contribution in [2.45, 2.75) is 13.3 Å². The molecule has 112 valence electrons. The van der Waals surface area contributed by atoms with Crippen LogP contribution >= 0.6 is 0 Å². The fourth-order valence-corrected chi connectivity index (χ4v) is 1.79. The maximum atomic E-state index is 11.2. The fraction of sp³-hybridized carbons (Fsp3) is 0.111. The smallest absolute Gasteiger partial charge is 0.335 e. The molecule has 0 bridgehead atoms. The molecule has 0 aliphatic rings. The second-order valence-corrected chi connectivity index (χ2v) is 4.50. The van der Waals surface area contributed by atoms with E-state index in [0.717, 1.165) is 17.2 Å². The van der Waals surface area contributed by atoms with E-state index in [2.05, 4.69) is 6.58 Å². The van der Waals surface area contributed by atoms with Gasteiger partial charge in [-0.15, -0.1) is 0 Å². The van der Waals surface area contributed by atoms with E-state index >= 15 is 0 Å². The third-order valence-electron chi connectivity index (χ3n) is 2.95. The second-order valence-electron chi connectivity index (χ2n) is 4.50. The van der Waals surface area contributed by atoms with Crippen molar-refractivity contribution in [1.29, 1.82) is 0 Å². The van der Waals surface area contributed by atoms with Crippen LogP contribution in [0, 0.1) is 0 Å². The van der Waals surface area contributed by atoms with Gasteiger partial charge in [0.05, 0.1) is 0 Å². The van der Waals surface area contributed by atoms with Gasteiger partial charge in [0.1, 0.15) is 11.5 Å². The third-order valence-corrected chi connectivity index (χ3v) is 2.95. The molecule has 0 heterocycles. The van der Waals surface area contributed by atoms with E-state index in [1.807, 2.05) is 24.3 Å². The molecule has 0 radical (unpaired) electrons. The van der Waals surface area contributed by atoms with Crippen LogP contribution in [0.3, 0.4) is 0 Å². The van der Waals surface area contributed by atoms with E-state index in [9.17, 15) is 9.59 Å². The zero-order chi connectivity index (χ0) is 15.9. The Morgan fingerprint density at radius 1 is 0.909 bits per heavy atom. The van der Waals surface area contributed by atoms with Crippen LogP contribution in [-0.2, 0) is 9.59 Å². The lowest BCUT2D eigenvalue weighted by molar-refractivity contribution is -0.134. The molecule has 0 unspecified atom stereocenters. The molecule has 0 fully saturated rings. The SMILES string of the molecule is C=CC(=O)Oc1ccc(-c2ccc(OC(=O)CC)cc2)cc1. The van der Waals surface area contributed by atoms with E-state index in [1.54, 1.807) is 31.2 Å². The van der Waals surface area contributed by atoms with E-state index in [4.69, 9.17) is 9.47 Å². The summed E-state index contributed by atoms with van der Waals surface area (Å²) in [6, 6.07) is 14.3.